The van der Waals surface area contributed by atoms with Crippen LogP contribution in [0.15, 0.2) is 36.4 Å². The van der Waals surface area contributed by atoms with Crippen LogP contribution in [0.3, 0.4) is 0 Å². The topological polar surface area (TPSA) is 97.3 Å². The van der Waals surface area contributed by atoms with Gasteiger partial charge in [0.1, 0.15) is 17.0 Å². The highest BCUT2D eigenvalue weighted by atomic mass is 35.5. The van der Waals surface area contributed by atoms with E-state index >= 15 is 0 Å². The molecule has 0 spiro atoms. The molecule has 0 saturated heterocycles. The number of H-pyrrole nitrogens is 1. The molecule has 0 bridgehead atoms. The Balaban J connectivity index is 1.97. The molecule has 1 heterocycles. The third kappa shape index (κ3) is 3.14. The lowest BCUT2D eigenvalue weighted by atomic mass is 10.2. The van der Waals surface area contributed by atoms with E-state index in [4.69, 9.17) is 16.3 Å². The van der Waals surface area contributed by atoms with Crippen LogP contribution in [0, 0.1) is 17.0 Å². The van der Waals surface area contributed by atoms with E-state index in [1.165, 1.54) is 13.2 Å². The van der Waals surface area contributed by atoms with E-state index < -0.39 is 10.8 Å². The van der Waals surface area contributed by atoms with Crippen molar-refractivity contribution in [3.05, 3.63) is 62.8 Å². The molecule has 3 rings (SSSR count). The zero-order chi connectivity index (χ0) is 18.1. The predicted molar refractivity (Wildman–Crippen MR) is 95.6 cm³/mol. The van der Waals surface area contributed by atoms with Gasteiger partial charge >= 0.3 is 0 Å². The number of ether oxygens (including phenoxy) is 1. The summed E-state index contributed by atoms with van der Waals surface area (Å²) in [6.45, 7) is 1.81. The molecule has 0 atom stereocenters. The molecule has 2 N–H and O–H groups in total. The highest BCUT2D eigenvalue weighted by Crippen LogP contribution is 2.32. The summed E-state index contributed by atoms with van der Waals surface area (Å²) in [4.78, 5) is 25.9. The molecule has 0 saturated carbocycles. The maximum atomic E-state index is 12.5. The largest absolute Gasteiger partial charge is 0.495 e. The maximum Gasteiger partial charge on any atom is 0.293 e. The van der Waals surface area contributed by atoms with Crippen molar-refractivity contribution in [1.82, 2.24) is 4.98 Å². The van der Waals surface area contributed by atoms with Gasteiger partial charge in [0.25, 0.3) is 11.6 Å². The van der Waals surface area contributed by atoms with E-state index in [1.54, 1.807) is 30.3 Å². The number of nitrogens with one attached hydrogen (secondary N) is 2. The monoisotopic (exact) mass is 359 g/mol. The fourth-order valence-electron chi connectivity index (χ4n) is 2.53. The zero-order valence-electron chi connectivity index (χ0n) is 13.4. The second-order valence-electron chi connectivity index (χ2n) is 5.44. The third-order valence-electron chi connectivity index (χ3n) is 3.80. The van der Waals surface area contributed by atoms with Crippen molar-refractivity contribution in [1.29, 1.82) is 0 Å². The quantitative estimate of drug-likeness (QED) is 0.536. The van der Waals surface area contributed by atoms with E-state index in [-0.39, 0.29) is 11.4 Å². The number of aromatic amines is 1. The van der Waals surface area contributed by atoms with Crippen LogP contribution < -0.4 is 10.1 Å². The number of nitro benzene ring substituents is 1. The number of benzene rings is 2. The Hall–Kier alpha value is -3.06. The van der Waals surface area contributed by atoms with E-state index in [0.717, 1.165) is 5.56 Å². The number of carbonyl (C=O) groups excluding carboxylic acids is 1. The van der Waals surface area contributed by atoms with Gasteiger partial charge in [0.2, 0.25) is 0 Å². The molecule has 2 aromatic carbocycles. The third-order valence-corrected chi connectivity index (χ3v) is 4.21. The molecular weight excluding hydrogens is 346 g/mol. The molecule has 0 fully saturated rings. The van der Waals surface area contributed by atoms with Crippen molar-refractivity contribution in [2.75, 3.05) is 12.4 Å². The van der Waals surface area contributed by atoms with Crippen LogP contribution in [0.5, 0.6) is 5.75 Å². The van der Waals surface area contributed by atoms with Gasteiger partial charge in [-0.2, -0.15) is 0 Å². The number of rotatable bonds is 4. The highest BCUT2D eigenvalue weighted by Gasteiger charge is 2.18. The summed E-state index contributed by atoms with van der Waals surface area (Å²) in [5, 5.41) is 14.9. The summed E-state index contributed by atoms with van der Waals surface area (Å²) in [6, 6.07) is 9.52. The average molecular weight is 360 g/mol. The number of carbonyl (C=O) groups is 1. The molecule has 1 amide bonds. The average Bonchev–Trinajstić information content (AvgIpc) is 3.01. The van der Waals surface area contributed by atoms with Crippen LogP contribution in [0.2, 0.25) is 5.02 Å². The molecular formula is C17H14ClN3O4. The number of aromatic nitrogens is 1. The summed E-state index contributed by atoms with van der Waals surface area (Å²) in [7, 11) is 1.48. The first-order valence-electron chi connectivity index (χ1n) is 7.32. The first-order chi connectivity index (χ1) is 11.9. The minimum absolute atomic E-state index is 0.0866. The van der Waals surface area contributed by atoms with E-state index in [9.17, 15) is 14.9 Å². The lowest BCUT2D eigenvalue weighted by Gasteiger charge is -2.11. The molecule has 7 nitrogen and oxygen atoms in total. The minimum atomic E-state index is -0.494. The van der Waals surface area contributed by atoms with Gasteiger partial charge in [-0.05, 0) is 24.6 Å². The van der Waals surface area contributed by atoms with Crippen LogP contribution in [-0.4, -0.2) is 22.9 Å². The number of hydrogen-bond donors (Lipinski definition) is 2. The number of fused-ring (bicyclic) bond motifs is 1. The number of anilines is 1. The van der Waals surface area contributed by atoms with E-state index in [0.29, 0.717) is 27.4 Å². The van der Waals surface area contributed by atoms with Crippen molar-refractivity contribution in [2.24, 2.45) is 0 Å². The number of halogens is 1. The van der Waals surface area contributed by atoms with Crippen molar-refractivity contribution in [2.45, 2.75) is 6.92 Å². The number of nitro groups is 1. The molecule has 8 heteroatoms. The number of aryl methyl sites for hydroxylation is 1. The van der Waals surface area contributed by atoms with Gasteiger partial charge < -0.3 is 15.0 Å². The van der Waals surface area contributed by atoms with Gasteiger partial charge in [0.05, 0.1) is 17.7 Å². The van der Waals surface area contributed by atoms with Gasteiger partial charge in [0.15, 0.2) is 0 Å². The van der Waals surface area contributed by atoms with Gasteiger partial charge in [0, 0.05) is 22.5 Å². The highest BCUT2D eigenvalue weighted by molar-refractivity contribution is 6.31. The molecule has 0 unspecified atom stereocenters. The molecule has 25 heavy (non-hydrogen) atoms. The standard InChI is InChI=1S/C17H14ClN3O4/c1-9-6-12(15(25-2)8-11(9)18)20-17(22)13-7-10-4-3-5-14(21(23)24)16(10)19-13/h3-8,19H,1-2H3,(H,20,22). The normalized spacial score (nSPS) is 10.7. The molecule has 128 valence electrons. The van der Waals surface area contributed by atoms with Gasteiger partial charge in [-0.3, -0.25) is 14.9 Å². The minimum Gasteiger partial charge on any atom is -0.495 e. The Bertz CT molecular complexity index is 997. The smallest absolute Gasteiger partial charge is 0.293 e. The van der Waals surface area contributed by atoms with Crippen molar-refractivity contribution in [3.8, 4) is 5.75 Å². The summed E-state index contributed by atoms with van der Waals surface area (Å²) in [5.41, 5.74) is 1.67. The van der Waals surface area contributed by atoms with E-state index in [1.807, 2.05) is 6.92 Å². The Morgan fingerprint density at radius 1 is 1.32 bits per heavy atom. The lowest BCUT2D eigenvalue weighted by molar-refractivity contribution is -0.383. The Morgan fingerprint density at radius 3 is 2.76 bits per heavy atom. The molecule has 0 aliphatic carbocycles. The number of para-hydroxylation sites is 1. The van der Waals surface area contributed by atoms with Crippen molar-refractivity contribution >= 4 is 39.8 Å². The first-order valence-corrected chi connectivity index (χ1v) is 7.70. The number of non-ortho nitro benzene ring substituents is 1. The molecule has 3 aromatic rings. The van der Waals surface area contributed by atoms with E-state index in [2.05, 4.69) is 10.3 Å². The fourth-order valence-corrected chi connectivity index (χ4v) is 2.69. The maximum absolute atomic E-state index is 12.5. The lowest BCUT2D eigenvalue weighted by Crippen LogP contribution is -2.13. The van der Waals surface area contributed by atoms with Crippen LogP contribution in [0.25, 0.3) is 10.9 Å². The van der Waals surface area contributed by atoms with Gasteiger partial charge in [-0.25, -0.2) is 0 Å². The van der Waals surface area contributed by atoms with Crippen LogP contribution >= 0.6 is 11.6 Å². The molecule has 0 radical (unpaired) electrons. The summed E-state index contributed by atoms with van der Waals surface area (Å²) in [6.07, 6.45) is 0. The Labute approximate surface area is 147 Å². The predicted octanol–water partition coefficient (Wildman–Crippen LogP) is 4.30. The first kappa shape index (κ1) is 16.8. The Kier molecular flexibility index (Phi) is 4.33. The zero-order valence-corrected chi connectivity index (χ0v) is 14.2. The second-order valence-corrected chi connectivity index (χ2v) is 5.84. The SMILES string of the molecule is COc1cc(Cl)c(C)cc1NC(=O)c1cc2cccc([N+](=O)[O-])c2[nH]1. The van der Waals surface area contributed by atoms with Crippen molar-refractivity contribution < 1.29 is 14.5 Å². The summed E-state index contributed by atoms with van der Waals surface area (Å²) in [5.74, 6) is -0.0171. The van der Waals surface area contributed by atoms with Crippen molar-refractivity contribution in [3.63, 3.8) is 0 Å². The fraction of sp³-hybridized carbons (Fsp3) is 0.118. The summed E-state index contributed by atoms with van der Waals surface area (Å²) >= 11 is 6.06. The molecule has 1 aromatic heterocycles. The number of nitrogens with zero attached hydrogens (tertiary/aromatic N) is 1. The number of hydrogen-bond acceptors (Lipinski definition) is 4. The van der Waals surface area contributed by atoms with Gasteiger partial charge in [-0.15, -0.1) is 0 Å². The van der Waals surface area contributed by atoms with Crippen LogP contribution in [0.4, 0.5) is 11.4 Å². The number of amides is 1. The van der Waals surface area contributed by atoms with Gasteiger partial charge in [-0.1, -0.05) is 23.7 Å². The Morgan fingerprint density at radius 2 is 2.08 bits per heavy atom. The summed E-state index contributed by atoms with van der Waals surface area (Å²) < 4.78 is 5.23. The second kappa shape index (κ2) is 6.45. The number of methoxy groups -OCH3 is 1. The van der Waals surface area contributed by atoms with Crippen LogP contribution in [0.1, 0.15) is 16.1 Å². The molecule has 0 aliphatic rings. The van der Waals surface area contributed by atoms with Crippen LogP contribution in [-0.2, 0) is 0 Å². The molecule has 0 aliphatic heterocycles.